The summed E-state index contributed by atoms with van der Waals surface area (Å²) in [7, 11) is 0. The number of hydrogen-bond donors (Lipinski definition) is 1. The third-order valence-corrected chi connectivity index (χ3v) is 4.78. The SMILES string of the molecule is Clc1ccc(C2=CSc3nnc(-c4ccccc4)n3N2)c(Cl)c1. The molecule has 1 aliphatic heterocycles. The van der Waals surface area contributed by atoms with Crippen LogP contribution in [-0.4, -0.2) is 14.9 Å². The standard InChI is InChI=1S/C16H10Cl2N4S/c17-11-6-7-12(13(18)8-11)14-9-23-16-20-19-15(22(16)21-14)10-4-2-1-3-5-10/h1-9,21H. The van der Waals surface area contributed by atoms with Crippen molar-refractivity contribution in [2.75, 3.05) is 5.43 Å². The lowest BCUT2D eigenvalue weighted by Gasteiger charge is -2.19. The van der Waals surface area contributed by atoms with E-state index in [-0.39, 0.29) is 0 Å². The molecular weight excluding hydrogens is 351 g/mol. The third kappa shape index (κ3) is 2.72. The predicted octanol–water partition coefficient (Wildman–Crippen LogP) is 4.90. The highest BCUT2D eigenvalue weighted by Crippen LogP contribution is 2.34. The van der Waals surface area contributed by atoms with Crippen LogP contribution < -0.4 is 5.43 Å². The lowest BCUT2D eigenvalue weighted by molar-refractivity contribution is 0.826. The van der Waals surface area contributed by atoms with Crippen LogP contribution in [0.5, 0.6) is 0 Å². The first-order chi connectivity index (χ1) is 11.2. The van der Waals surface area contributed by atoms with E-state index in [1.54, 1.807) is 6.07 Å². The lowest BCUT2D eigenvalue weighted by Crippen LogP contribution is -2.18. The van der Waals surface area contributed by atoms with Crippen molar-refractivity contribution in [3.63, 3.8) is 0 Å². The van der Waals surface area contributed by atoms with E-state index in [1.807, 2.05) is 52.5 Å². The van der Waals surface area contributed by atoms with Crippen LogP contribution >= 0.6 is 35.0 Å². The van der Waals surface area contributed by atoms with Crippen LogP contribution in [0.3, 0.4) is 0 Å². The van der Waals surface area contributed by atoms with Crippen molar-refractivity contribution in [2.45, 2.75) is 5.16 Å². The first kappa shape index (κ1) is 14.6. The van der Waals surface area contributed by atoms with E-state index in [0.717, 1.165) is 27.8 Å². The van der Waals surface area contributed by atoms with Gasteiger partial charge in [-0.25, -0.2) is 4.68 Å². The summed E-state index contributed by atoms with van der Waals surface area (Å²) in [5.74, 6) is 0.754. The molecule has 0 atom stereocenters. The van der Waals surface area contributed by atoms with Crippen LogP contribution in [0.2, 0.25) is 10.0 Å². The molecule has 0 amide bonds. The normalized spacial score (nSPS) is 13.2. The number of benzene rings is 2. The summed E-state index contributed by atoms with van der Waals surface area (Å²) in [4.78, 5) is 0. The molecule has 0 bridgehead atoms. The molecule has 0 spiro atoms. The quantitative estimate of drug-likeness (QED) is 0.705. The fourth-order valence-electron chi connectivity index (χ4n) is 2.31. The van der Waals surface area contributed by atoms with Crippen LogP contribution in [0.4, 0.5) is 0 Å². The van der Waals surface area contributed by atoms with E-state index in [1.165, 1.54) is 11.8 Å². The first-order valence-electron chi connectivity index (χ1n) is 6.82. The maximum atomic E-state index is 6.31. The molecule has 4 rings (SSSR count). The van der Waals surface area contributed by atoms with Crippen molar-refractivity contribution in [3.05, 3.63) is 69.5 Å². The number of rotatable bonds is 2. The summed E-state index contributed by atoms with van der Waals surface area (Å²) in [5, 5.41) is 12.4. The third-order valence-electron chi connectivity index (χ3n) is 3.40. The number of thioether (sulfide) groups is 1. The van der Waals surface area contributed by atoms with Crippen molar-refractivity contribution < 1.29 is 0 Å². The molecule has 1 N–H and O–H groups in total. The average molecular weight is 361 g/mol. The van der Waals surface area contributed by atoms with Gasteiger partial charge in [0.25, 0.3) is 0 Å². The van der Waals surface area contributed by atoms with Crippen molar-refractivity contribution in [3.8, 4) is 11.4 Å². The van der Waals surface area contributed by atoms with Gasteiger partial charge in [0.2, 0.25) is 5.16 Å². The van der Waals surface area contributed by atoms with Gasteiger partial charge in [-0.15, -0.1) is 10.2 Å². The molecule has 0 saturated heterocycles. The van der Waals surface area contributed by atoms with Gasteiger partial charge in [-0.05, 0) is 18.2 Å². The zero-order valence-electron chi connectivity index (χ0n) is 11.7. The van der Waals surface area contributed by atoms with Gasteiger partial charge in [-0.2, -0.15) is 0 Å². The fourth-order valence-corrected chi connectivity index (χ4v) is 3.55. The smallest absolute Gasteiger partial charge is 0.214 e. The van der Waals surface area contributed by atoms with Gasteiger partial charge >= 0.3 is 0 Å². The van der Waals surface area contributed by atoms with E-state index < -0.39 is 0 Å². The second kappa shape index (κ2) is 5.92. The Hall–Kier alpha value is -1.95. The van der Waals surface area contributed by atoms with Crippen LogP contribution in [0.15, 0.2) is 59.1 Å². The summed E-state index contributed by atoms with van der Waals surface area (Å²) in [6.45, 7) is 0. The maximum Gasteiger partial charge on any atom is 0.214 e. The minimum Gasteiger partial charge on any atom is -0.289 e. The Balaban J connectivity index is 1.73. The fraction of sp³-hybridized carbons (Fsp3) is 0. The summed E-state index contributed by atoms with van der Waals surface area (Å²) < 4.78 is 1.86. The lowest BCUT2D eigenvalue weighted by atomic mass is 10.2. The van der Waals surface area contributed by atoms with Gasteiger partial charge in [-0.1, -0.05) is 65.3 Å². The molecule has 2 aromatic carbocycles. The molecule has 2 heterocycles. The number of nitrogens with zero attached hydrogens (tertiary/aromatic N) is 3. The van der Waals surface area contributed by atoms with Crippen molar-refractivity contribution >= 4 is 40.7 Å². The molecule has 0 aliphatic carbocycles. The van der Waals surface area contributed by atoms with E-state index in [4.69, 9.17) is 23.2 Å². The van der Waals surface area contributed by atoms with E-state index in [2.05, 4.69) is 15.6 Å². The van der Waals surface area contributed by atoms with Gasteiger partial charge in [0.05, 0.1) is 10.7 Å². The number of nitrogens with one attached hydrogen (secondary N) is 1. The van der Waals surface area contributed by atoms with Crippen LogP contribution in [0.25, 0.3) is 17.1 Å². The molecule has 114 valence electrons. The van der Waals surface area contributed by atoms with E-state index >= 15 is 0 Å². The molecule has 0 radical (unpaired) electrons. The molecule has 0 fully saturated rings. The first-order valence-corrected chi connectivity index (χ1v) is 8.46. The average Bonchev–Trinajstić information content (AvgIpc) is 2.99. The molecule has 0 saturated carbocycles. The molecule has 7 heteroatoms. The second-order valence-corrected chi connectivity index (χ2v) is 6.57. The Morgan fingerprint density at radius 1 is 1.00 bits per heavy atom. The largest absolute Gasteiger partial charge is 0.289 e. The Morgan fingerprint density at radius 3 is 2.61 bits per heavy atom. The Morgan fingerprint density at radius 2 is 1.83 bits per heavy atom. The maximum absolute atomic E-state index is 6.31. The topological polar surface area (TPSA) is 42.7 Å². The monoisotopic (exact) mass is 360 g/mol. The van der Waals surface area contributed by atoms with E-state index in [9.17, 15) is 0 Å². The Labute approximate surface area is 147 Å². The van der Waals surface area contributed by atoms with Gasteiger partial charge in [0, 0.05) is 21.6 Å². The summed E-state index contributed by atoms with van der Waals surface area (Å²) in [5.41, 5.74) is 6.07. The van der Waals surface area contributed by atoms with Crippen molar-refractivity contribution in [2.24, 2.45) is 0 Å². The predicted molar refractivity (Wildman–Crippen MR) is 95.1 cm³/mol. The minimum atomic E-state index is 0.592. The van der Waals surface area contributed by atoms with Crippen molar-refractivity contribution in [1.82, 2.24) is 14.9 Å². The number of halogens is 2. The molecule has 1 aliphatic rings. The van der Waals surface area contributed by atoms with E-state index in [0.29, 0.717) is 10.0 Å². The Bertz CT molecular complexity index is 906. The zero-order chi connectivity index (χ0) is 15.8. The highest BCUT2D eigenvalue weighted by molar-refractivity contribution is 8.02. The number of fused-ring (bicyclic) bond motifs is 1. The summed E-state index contributed by atoms with van der Waals surface area (Å²) in [6.07, 6.45) is 0. The van der Waals surface area contributed by atoms with Crippen molar-refractivity contribution in [1.29, 1.82) is 0 Å². The van der Waals surface area contributed by atoms with Gasteiger partial charge < -0.3 is 0 Å². The molecule has 4 nitrogen and oxygen atoms in total. The number of aromatic nitrogens is 3. The van der Waals surface area contributed by atoms with Gasteiger partial charge in [0.1, 0.15) is 0 Å². The summed E-state index contributed by atoms with van der Waals surface area (Å²) >= 11 is 13.8. The minimum absolute atomic E-state index is 0.592. The van der Waals surface area contributed by atoms with Gasteiger partial charge in [-0.3, -0.25) is 5.43 Å². The second-order valence-electron chi connectivity index (χ2n) is 4.89. The Kier molecular flexibility index (Phi) is 3.77. The van der Waals surface area contributed by atoms with Crippen LogP contribution in [0, 0.1) is 0 Å². The number of hydrogen-bond acceptors (Lipinski definition) is 4. The van der Waals surface area contributed by atoms with Crippen LogP contribution in [0.1, 0.15) is 5.56 Å². The molecule has 3 aromatic rings. The molecule has 0 unspecified atom stereocenters. The molecule has 1 aromatic heterocycles. The molecular formula is C16H10Cl2N4S. The van der Waals surface area contributed by atoms with Gasteiger partial charge in [0.15, 0.2) is 5.82 Å². The summed E-state index contributed by atoms with van der Waals surface area (Å²) in [6, 6.07) is 15.3. The van der Waals surface area contributed by atoms with Crippen LogP contribution in [-0.2, 0) is 0 Å². The zero-order valence-corrected chi connectivity index (χ0v) is 14.0. The highest BCUT2D eigenvalue weighted by atomic mass is 35.5. The highest BCUT2D eigenvalue weighted by Gasteiger charge is 2.20. The molecule has 23 heavy (non-hydrogen) atoms.